The first-order valence-electron chi connectivity index (χ1n) is 5.15. The summed E-state index contributed by atoms with van der Waals surface area (Å²) >= 11 is 3.45. The van der Waals surface area contributed by atoms with E-state index in [0.29, 0.717) is 13.2 Å². The van der Waals surface area contributed by atoms with Gasteiger partial charge in [-0.25, -0.2) is 0 Å². The van der Waals surface area contributed by atoms with Crippen molar-refractivity contribution < 1.29 is 4.74 Å². The molecule has 0 amide bonds. The van der Waals surface area contributed by atoms with Crippen LogP contribution in [0, 0.1) is 0 Å². The second-order valence-electron chi connectivity index (χ2n) is 3.62. The van der Waals surface area contributed by atoms with Gasteiger partial charge in [0.1, 0.15) is 18.7 Å². The van der Waals surface area contributed by atoms with Crippen LogP contribution in [0.3, 0.4) is 0 Å². The molecule has 2 rings (SSSR count). The minimum absolute atomic E-state index is 0.386. The molecule has 6 heteroatoms. The van der Waals surface area contributed by atoms with E-state index in [2.05, 4.69) is 26.1 Å². The second kappa shape index (κ2) is 5.29. The zero-order chi connectivity index (χ0) is 12.3. The summed E-state index contributed by atoms with van der Waals surface area (Å²) in [5.41, 5.74) is 6.61. The first-order valence-corrected chi connectivity index (χ1v) is 5.94. The Bertz CT molecular complexity index is 512. The summed E-state index contributed by atoms with van der Waals surface area (Å²) in [7, 11) is 1.88. The lowest BCUT2D eigenvalue weighted by molar-refractivity contribution is 0.289. The average molecular weight is 297 g/mol. The molecule has 5 nitrogen and oxygen atoms in total. The molecular formula is C11H13BrN4O. The van der Waals surface area contributed by atoms with Crippen molar-refractivity contribution in [2.24, 2.45) is 12.8 Å². The van der Waals surface area contributed by atoms with Crippen LogP contribution in [0.2, 0.25) is 0 Å². The number of hydrogen-bond donors (Lipinski definition) is 1. The van der Waals surface area contributed by atoms with Gasteiger partial charge in [0, 0.05) is 13.6 Å². The Morgan fingerprint density at radius 2 is 2.29 bits per heavy atom. The Morgan fingerprint density at radius 3 is 2.88 bits per heavy atom. The van der Waals surface area contributed by atoms with Crippen LogP contribution in [0.1, 0.15) is 11.4 Å². The van der Waals surface area contributed by atoms with Crippen molar-refractivity contribution in [1.29, 1.82) is 0 Å². The topological polar surface area (TPSA) is 66.0 Å². The summed E-state index contributed by atoms with van der Waals surface area (Å²) in [4.78, 5) is 0. The van der Waals surface area contributed by atoms with E-state index in [1.54, 1.807) is 6.33 Å². The lowest BCUT2D eigenvalue weighted by atomic mass is 10.2. The third-order valence-corrected chi connectivity index (χ3v) is 3.01. The molecule has 0 aliphatic rings. The highest BCUT2D eigenvalue weighted by atomic mass is 79.9. The molecule has 0 atom stereocenters. The number of nitrogens with two attached hydrogens (primary N) is 1. The van der Waals surface area contributed by atoms with Gasteiger partial charge < -0.3 is 15.0 Å². The highest BCUT2D eigenvalue weighted by Crippen LogP contribution is 2.26. The van der Waals surface area contributed by atoms with Crippen molar-refractivity contribution in [3.8, 4) is 5.75 Å². The Balaban J connectivity index is 2.07. The molecule has 0 saturated heterocycles. The van der Waals surface area contributed by atoms with Gasteiger partial charge >= 0.3 is 0 Å². The van der Waals surface area contributed by atoms with E-state index in [9.17, 15) is 0 Å². The molecule has 1 aromatic heterocycles. The number of ether oxygens (including phenoxy) is 1. The highest BCUT2D eigenvalue weighted by Gasteiger charge is 2.05. The molecule has 1 heterocycles. The standard InChI is InChI=1S/C11H13BrN4O/c1-16-7-14-15-11(16)6-17-10-3-2-8(5-13)4-9(10)12/h2-4,7H,5-6,13H2,1H3. The van der Waals surface area contributed by atoms with Crippen LogP contribution in [-0.4, -0.2) is 14.8 Å². The molecule has 2 N–H and O–H groups in total. The highest BCUT2D eigenvalue weighted by molar-refractivity contribution is 9.10. The number of rotatable bonds is 4. The summed E-state index contributed by atoms with van der Waals surface area (Å²) in [6.45, 7) is 0.902. The number of nitrogens with zero attached hydrogens (tertiary/aromatic N) is 3. The van der Waals surface area contributed by atoms with Crippen molar-refractivity contribution >= 4 is 15.9 Å². The molecule has 17 heavy (non-hydrogen) atoms. The van der Waals surface area contributed by atoms with Crippen LogP contribution in [0.5, 0.6) is 5.75 Å². The van der Waals surface area contributed by atoms with E-state index < -0.39 is 0 Å². The van der Waals surface area contributed by atoms with Crippen LogP contribution in [0.25, 0.3) is 0 Å². The number of aromatic nitrogens is 3. The Labute approximate surface area is 108 Å². The predicted octanol–water partition coefficient (Wildman–Crippen LogP) is 1.62. The summed E-state index contributed by atoms with van der Waals surface area (Å²) in [5, 5.41) is 7.74. The van der Waals surface area contributed by atoms with Gasteiger partial charge in [0.25, 0.3) is 0 Å². The maximum atomic E-state index is 5.65. The van der Waals surface area contributed by atoms with Crippen LogP contribution >= 0.6 is 15.9 Å². The van der Waals surface area contributed by atoms with E-state index in [0.717, 1.165) is 21.6 Å². The van der Waals surface area contributed by atoms with Crippen molar-refractivity contribution in [3.05, 3.63) is 40.4 Å². The molecule has 0 aliphatic carbocycles. The van der Waals surface area contributed by atoms with Crippen molar-refractivity contribution in [1.82, 2.24) is 14.8 Å². The summed E-state index contributed by atoms with van der Waals surface area (Å²) < 4.78 is 8.36. The SMILES string of the molecule is Cn1cnnc1COc1ccc(CN)cc1Br. The monoisotopic (exact) mass is 296 g/mol. The summed E-state index contributed by atoms with van der Waals surface area (Å²) in [6, 6.07) is 5.78. The van der Waals surface area contributed by atoms with Gasteiger partial charge in [-0.3, -0.25) is 0 Å². The summed E-state index contributed by atoms with van der Waals surface area (Å²) in [6.07, 6.45) is 1.64. The second-order valence-corrected chi connectivity index (χ2v) is 4.47. The quantitative estimate of drug-likeness (QED) is 0.931. The normalized spacial score (nSPS) is 10.5. The molecular weight excluding hydrogens is 284 g/mol. The van der Waals surface area contributed by atoms with Crippen LogP contribution < -0.4 is 10.5 Å². The Kier molecular flexibility index (Phi) is 3.75. The Morgan fingerprint density at radius 1 is 1.47 bits per heavy atom. The lowest BCUT2D eigenvalue weighted by Gasteiger charge is -2.08. The van der Waals surface area contributed by atoms with Gasteiger partial charge in [-0.1, -0.05) is 6.07 Å². The fourth-order valence-corrected chi connectivity index (χ4v) is 1.91. The molecule has 0 radical (unpaired) electrons. The molecule has 1 aromatic carbocycles. The van der Waals surface area contributed by atoms with E-state index in [4.69, 9.17) is 10.5 Å². The maximum absolute atomic E-state index is 5.65. The van der Waals surface area contributed by atoms with E-state index in [-0.39, 0.29) is 0 Å². The van der Waals surface area contributed by atoms with E-state index in [1.165, 1.54) is 0 Å². The maximum Gasteiger partial charge on any atom is 0.170 e. The minimum Gasteiger partial charge on any atom is -0.484 e. The largest absolute Gasteiger partial charge is 0.484 e. The molecule has 0 bridgehead atoms. The molecule has 0 aliphatic heterocycles. The van der Waals surface area contributed by atoms with Gasteiger partial charge in [-0.15, -0.1) is 10.2 Å². The zero-order valence-corrected chi connectivity index (χ0v) is 11.0. The van der Waals surface area contributed by atoms with Gasteiger partial charge in [0.15, 0.2) is 5.82 Å². The van der Waals surface area contributed by atoms with Crippen molar-refractivity contribution in [2.75, 3.05) is 0 Å². The smallest absolute Gasteiger partial charge is 0.170 e. The first-order chi connectivity index (χ1) is 8.20. The van der Waals surface area contributed by atoms with Crippen molar-refractivity contribution in [3.63, 3.8) is 0 Å². The van der Waals surface area contributed by atoms with Gasteiger partial charge in [-0.2, -0.15) is 0 Å². The Hall–Kier alpha value is -1.40. The third-order valence-electron chi connectivity index (χ3n) is 2.39. The van der Waals surface area contributed by atoms with E-state index in [1.807, 2.05) is 29.8 Å². The van der Waals surface area contributed by atoms with Gasteiger partial charge in [0.2, 0.25) is 0 Å². The molecule has 0 spiro atoms. The predicted molar refractivity (Wildman–Crippen MR) is 67.4 cm³/mol. The van der Waals surface area contributed by atoms with Gasteiger partial charge in [-0.05, 0) is 33.6 Å². The number of hydrogen-bond acceptors (Lipinski definition) is 4. The molecule has 0 unspecified atom stereocenters. The fraction of sp³-hybridized carbons (Fsp3) is 0.273. The van der Waals surface area contributed by atoms with Crippen LogP contribution in [0.4, 0.5) is 0 Å². The first kappa shape index (κ1) is 12.1. The van der Waals surface area contributed by atoms with Crippen LogP contribution in [0.15, 0.2) is 29.0 Å². The minimum atomic E-state index is 0.386. The molecule has 0 saturated carbocycles. The summed E-state index contributed by atoms with van der Waals surface area (Å²) in [5.74, 6) is 1.55. The molecule has 90 valence electrons. The van der Waals surface area contributed by atoms with Crippen molar-refractivity contribution in [2.45, 2.75) is 13.2 Å². The zero-order valence-electron chi connectivity index (χ0n) is 9.43. The van der Waals surface area contributed by atoms with Gasteiger partial charge in [0.05, 0.1) is 4.47 Å². The molecule has 2 aromatic rings. The van der Waals surface area contributed by atoms with E-state index >= 15 is 0 Å². The van der Waals surface area contributed by atoms with Crippen LogP contribution in [-0.2, 0) is 20.2 Å². The number of halogens is 1. The average Bonchev–Trinajstić information content (AvgIpc) is 2.73. The third kappa shape index (κ3) is 2.83. The lowest BCUT2D eigenvalue weighted by Crippen LogP contribution is -2.04. The number of benzene rings is 1. The fourth-order valence-electron chi connectivity index (χ4n) is 1.37. The molecule has 0 fully saturated rings. The number of aryl methyl sites for hydroxylation is 1.